The van der Waals surface area contributed by atoms with E-state index in [0.717, 1.165) is 25.3 Å². The summed E-state index contributed by atoms with van der Waals surface area (Å²) in [6.45, 7) is 2.08. The lowest BCUT2D eigenvalue weighted by molar-refractivity contribution is 0.461. The molecule has 19 heavy (non-hydrogen) atoms. The molecule has 0 aromatic carbocycles. The highest BCUT2D eigenvalue weighted by atomic mass is 32.1. The zero-order chi connectivity index (χ0) is 13.1. The molecule has 2 heterocycles. The molecule has 2 aliphatic rings. The van der Waals surface area contributed by atoms with Gasteiger partial charge in [0.05, 0.1) is 11.9 Å². The maximum atomic E-state index is 4.54. The average molecular weight is 278 g/mol. The molecule has 3 rings (SSSR count). The molecule has 1 unspecified atom stereocenters. The standard InChI is InChI=1S/C14H22N4S/c19-13-6-7-18(10-13)12-8-14(17-15-9-12)16-11-4-2-1-3-5-11/h8-9,11,13,19H,1-7,10H2,(H,16,17). The van der Waals surface area contributed by atoms with Crippen molar-refractivity contribution in [1.82, 2.24) is 10.2 Å². The van der Waals surface area contributed by atoms with Gasteiger partial charge in [0.15, 0.2) is 5.82 Å². The Hall–Kier alpha value is -0.970. The molecular formula is C14H22N4S. The minimum atomic E-state index is 0.489. The Bertz CT molecular complexity index is 420. The summed E-state index contributed by atoms with van der Waals surface area (Å²) in [7, 11) is 0. The highest BCUT2D eigenvalue weighted by Crippen LogP contribution is 2.25. The van der Waals surface area contributed by atoms with Gasteiger partial charge in [-0.3, -0.25) is 0 Å². The van der Waals surface area contributed by atoms with Crippen molar-refractivity contribution in [2.24, 2.45) is 0 Å². The molecule has 1 aliphatic carbocycles. The van der Waals surface area contributed by atoms with Gasteiger partial charge < -0.3 is 10.2 Å². The SMILES string of the molecule is SC1CCN(c2cnnc(NC3CCCCC3)c2)C1. The third kappa shape index (κ3) is 3.32. The lowest BCUT2D eigenvalue weighted by Gasteiger charge is -2.24. The molecule has 0 spiro atoms. The van der Waals surface area contributed by atoms with Gasteiger partial charge >= 0.3 is 0 Å². The molecule has 1 saturated carbocycles. The molecule has 0 bridgehead atoms. The van der Waals surface area contributed by atoms with Gasteiger partial charge in [0.25, 0.3) is 0 Å². The van der Waals surface area contributed by atoms with Gasteiger partial charge in [-0.2, -0.15) is 17.7 Å². The van der Waals surface area contributed by atoms with Crippen LogP contribution in [0.15, 0.2) is 12.3 Å². The summed E-state index contributed by atoms with van der Waals surface area (Å²) >= 11 is 4.54. The molecule has 2 fully saturated rings. The van der Waals surface area contributed by atoms with E-state index in [-0.39, 0.29) is 0 Å². The van der Waals surface area contributed by atoms with Crippen LogP contribution in [0.4, 0.5) is 11.5 Å². The molecule has 1 aromatic heterocycles. The number of thiol groups is 1. The zero-order valence-corrected chi connectivity index (χ0v) is 12.1. The first kappa shape index (κ1) is 13.0. The number of anilines is 2. The van der Waals surface area contributed by atoms with Crippen molar-refractivity contribution in [3.8, 4) is 0 Å². The minimum Gasteiger partial charge on any atom is -0.369 e. The average Bonchev–Trinajstić information content (AvgIpc) is 2.87. The van der Waals surface area contributed by atoms with Gasteiger partial charge in [0.2, 0.25) is 0 Å². The molecular weight excluding hydrogens is 256 g/mol. The first-order chi connectivity index (χ1) is 9.31. The maximum absolute atomic E-state index is 4.54. The van der Waals surface area contributed by atoms with Crippen LogP contribution in [0.25, 0.3) is 0 Å². The van der Waals surface area contributed by atoms with E-state index < -0.39 is 0 Å². The third-order valence-electron chi connectivity index (χ3n) is 4.13. The monoisotopic (exact) mass is 278 g/mol. The first-order valence-electron chi connectivity index (χ1n) is 7.33. The summed E-state index contributed by atoms with van der Waals surface area (Å²) in [6.07, 6.45) is 9.56. The molecule has 104 valence electrons. The van der Waals surface area contributed by atoms with Gasteiger partial charge in [0, 0.05) is 30.4 Å². The Morgan fingerprint density at radius 2 is 2.05 bits per heavy atom. The van der Waals surface area contributed by atoms with Crippen LogP contribution in [0, 0.1) is 0 Å². The van der Waals surface area contributed by atoms with Crippen LogP contribution in [-0.4, -0.2) is 34.6 Å². The minimum absolute atomic E-state index is 0.489. The fourth-order valence-corrected chi connectivity index (χ4v) is 3.34. The van der Waals surface area contributed by atoms with Crippen LogP contribution < -0.4 is 10.2 Å². The zero-order valence-electron chi connectivity index (χ0n) is 11.3. The summed E-state index contributed by atoms with van der Waals surface area (Å²) in [6, 6.07) is 2.71. The van der Waals surface area contributed by atoms with Crippen molar-refractivity contribution in [1.29, 1.82) is 0 Å². The van der Waals surface area contributed by atoms with E-state index in [4.69, 9.17) is 0 Å². The number of rotatable bonds is 3. The van der Waals surface area contributed by atoms with E-state index in [1.165, 1.54) is 37.8 Å². The van der Waals surface area contributed by atoms with Gasteiger partial charge in [0.1, 0.15) is 0 Å². The van der Waals surface area contributed by atoms with Gasteiger partial charge in [-0.05, 0) is 19.3 Å². The summed E-state index contributed by atoms with van der Waals surface area (Å²) in [5.41, 5.74) is 1.17. The molecule has 4 nitrogen and oxygen atoms in total. The van der Waals surface area contributed by atoms with Crippen LogP contribution in [0.1, 0.15) is 38.5 Å². The molecule has 1 N–H and O–H groups in total. The molecule has 0 amide bonds. The summed E-state index contributed by atoms with van der Waals surface area (Å²) in [4.78, 5) is 2.35. The highest BCUT2D eigenvalue weighted by molar-refractivity contribution is 7.81. The molecule has 1 atom stereocenters. The quantitative estimate of drug-likeness (QED) is 0.834. The maximum Gasteiger partial charge on any atom is 0.150 e. The molecule has 5 heteroatoms. The second-order valence-electron chi connectivity index (χ2n) is 5.67. The van der Waals surface area contributed by atoms with Gasteiger partial charge in [-0.15, -0.1) is 5.10 Å². The summed E-state index contributed by atoms with van der Waals surface area (Å²) in [5.74, 6) is 0.923. The second kappa shape index (κ2) is 5.99. The van der Waals surface area contributed by atoms with Crippen molar-refractivity contribution in [2.75, 3.05) is 23.3 Å². The largest absolute Gasteiger partial charge is 0.369 e. The summed E-state index contributed by atoms with van der Waals surface area (Å²) in [5, 5.41) is 12.4. The predicted octanol–water partition coefficient (Wildman–Crippen LogP) is 2.73. The molecule has 1 aromatic rings. The fraction of sp³-hybridized carbons (Fsp3) is 0.714. The molecule has 0 radical (unpaired) electrons. The number of hydrogen-bond acceptors (Lipinski definition) is 5. The highest BCUT2D eigenvalue weighted by Gasteiger charge is 2.20. The van der Waals surface area contributed by atoms with Crippen LogP contribution in [0.3, 0.4) is 0 Å². The van der Waals surface area contributed by atoms with Crippen molar-refractivity contribution in [3.63, 3.8) is 0 Å². The van der Waals surface area contributed by atoms with E-state index in [9.17, 15) is 0 Å². The normalized spacial score (nSPS) is 24.7. The van der Waals surface area contributed by atoms with Gasteiger partial charge in [-0.25, -0.2) is 0 Å². The molecule has 1 saturated heterocycles. The van der Waals surface area contributed by atoms with E-state index in [1.807, 2.05) is 6.20 Å². The van der Waals surface area contributed by atoms with Crippen LogP contribution in [0.2, 0.25) is 0 Å². The Labute approximate surface area is 120 Å². The number of nitrogens with zero attached hydrogens (tertiary/aromatic N) is 3. The summed E-state index contributed by atoms with van der Waals surface area (Å²) < 4.78 is 0. The van der Waals surface area contributed by atoms with Gasteiger partial charge in [-0.1, -0.05) is 19.3 Å². The van der Waals surface area contributed by atoms with E-state index >= 15 is 0 Å². The van der Waals surface area contributed by atoms with Crippen molar-refractivity contribution < 1.29 is 0 Å². The number of aromatic nitrogens is 2. The number of hydrogen-bond donors (Lipinski definition) is 2. The fourth-order valence-electron chi connectivity index (χ4n) is 3.03. The lowest BCUT2D eigenvalue weighted by atomic mass is 9.95. The topological polar surface area (TPSA) is 41.1 Å². The van der Waals surface area contributed by atoms with Crippen molar-refractivity contribution >= 4 is 24.1 Å². The Balaban J connectivity index is 1.65. The third-order valence-corrected chi connectivity index (χ3v) is 4.55. The van der Waals surface area contributed by atoms with Crippen molar-refractivity contribution in [2.45, 2.75) is 49.8 Å². The Kier molecular flexibility index (Phi) is 4.11. The van der Waals surface area contributed by atoms with Crippen LogP contribution in [-0.2, 0) is 0 Å². The van der Waals surface area contributed by atoms with E-state index in [1.54, 1.807) is 0 Å². The van der Waals surface area contributed by atoms with Crippen LogP contribution >= 0.6 is 12.6 Å². The Morgan fingerprint density at radius 3 is 2.79 bits per heavy atom. The predicted molar refractivity (Wildman–Crippen MR) is 82.1 cm³/mol. The van der Waals surface area contributed by atoms with Crippen molar-refractivity contribution in [3.05, 3.63) is 12.3 Å². The van der Waals surface area contributed by atoms with E-state index in [0.29, 0.717) is 11.3 Å². The molecule has 1 aliphatic heterocycles. The lowest BCUT2D eigenvalue weighted by Crippen LogP contribution is -2.24. The first-order valence-corrected chi connectivity index (χ1v) is 7.85. The van der Waals surface area contributed by atoms with E-state index in [2.05, 4.69) is 39.1 Å². The number of nitrogens with one attached hydrogen (secondary N) is 1. The second-order valence-corrected chi connectivity index (χ2v) is 6.40. The Morgan fingerprint density at radius 1 is 1.21 bits per heavy atom. The smallest absolute Gasteiger partial charge is 0.150 e. The van der Waals surface area contributed by atoms with Crippen LogP contribution in [0.5, 0.6) is 0 Å².